The van der Waals surface area contributed by atoms with E-state index in [1.807, 2.05) is 13.8 Å². The molecule has 1 aromatic carbocycles. The molecule has 1 aliphatic rings. The number of piperazine rings is 1. The minimum Gasteiger partial charge on any atom is -0.343 e. The molecule has 0 saturated carbocycles. The zero-order valence-electron chi connectivity index (χ0n) is 12.2. The summed E-state index contributed by atoms with van der Waals surface area (Å²) < 4.78 is 13.6. The van der Waals surface area contributed by atoms with Gasteiger partial charge in [-0.1, -0.05) is 19.9 Å². The Morgan fingerprint density at radius 2 is 2.05 bits per heavy atom. The van der Waals surface area contributed by atoms with Crippen LogP contribution in [0.1, 0.15) is 26.3 Å². The van der Waals surface area contributed by atoms with Gasteiger partial charge < -0.3 is 10.2 Å². The van der Waals surface area contributed by atoms with Crippen molar-refractivity contribution in [3.63, 3.8) is 0 Å². The van der Waals surface area contributed by atoms with Crippen molar-refractivity contribution in [2.45, 2.75) is 39.4 Å². The number of hydrogen-bond acceptors (Lipinski definition) is 2. The van der Waals surface area contributed by atoms with Gasteiger partial charge in [-0.25, -0.2) is 4.39 Å². The van der Waals surface area contributed by atoms with E-state index in [9.17, 15) is 14.0 Å². The van der Waals surface area contributed by atoms with Gasteiger partial charge in [-0.2, -0.15) is 0 Å². The van der Waals surface area contributed by atoms with Crippen LogP contribution >= 0.6 is 15.9 Å². The van der Waals surface area contributed by atoms with Crippen LogP contribution in [0.15, 0.2) is 22.7 Å². The van der Waals surface area contributed by atoms with E-state index >= 15 is 0 Å². The van der Waals surface area contributed by atoms with Crippen LogP contribution in [-0.4, -0.2) is 28.8 Å². The van der Waals surface area contributed by atoms with Crippen LogP contribution in [0.3, 0.4) is 0 Å². The van der Waals surface area contributed by atoms with Gasteiger partial charge in [0.25, 0.3) is 0 Å². The molecule has 6 heteroatoms. The Balaban J connectivity index is 2.30. The SMILES string of the molecule is CC1NC(=O)C(C(C)C)N(Cc2ccc(F)c(Br)c2)C1=O. The summed E-state index contributed by atoms with van der Waals surface area (Å²) in [5.41, 5.74) is 0.782. The first kappa shape index (κ1) is 15.9. The fraction of sp³-hybridized carbons (Fsp3) is 0.467. The molecule has 0 spiro atoms. The van der Waals surface area contributed by atoms with E-state index < -0.39 is 12.1 Å². The van der Waals surface area contributed by atoms with Crippen LogP contribution in [-0.2, 0) is 16.1 Å². The Morgan fingerprint density at radius 1 is 1.38 bits per heavy atom. The number of nitrogens with one attached hydrogen (secondary N) is 1. The van der Waals surface area contributed by atoms with Gasteiger partial charge in [-0.3, -0.25) is 9.59 Å². The molecule has 21 heavy (non-hydrogen) atoms. The fourth-order valence-electron chi connectivity index (χ4n) is 2.56. The van der Waals surface area contributed by atoms with Gasteiger partial charge in [0, 0.05) is 6.54 Å². The molecule has 2 rings (SSSR count). The number of hydrogen-bond donors (Lipinski definition) is 1. The van der Waals surface area contributed by atoms with Crippen molar-refractivity contribution in [2.75, 3.05) is 0 Å². The molecule has 1 saturated heterocycles. The molecular formula is C15H18BrFN2O2. The van der Waals surface area contributed by atoms with E-state index in [0.717, 1.165) is 5.56 Å². The molecule has 2 unspecified atom stereocenters. The van der Waals surface area contributed by atoms with Crippen LogP contribution in [0.25, 0.3) is 0 Å². The van der Waals surface area contributed by atoms with Crippen LogP contribution < -0.4 is 5.32 Å². The Bertz CT molecular complexity index is 577. The van der Waals surface area contributed by atoms with Gasteiger partial charge in [0.2, 0.25) is 11.8 Å². The highest BCUT2D eigenvalue weighted by Crippen LogP contribution is 2.23. The van der Waals surface area contributed by atoms with Crippen molar-refractivity contribution >= 4 is 27.7 Å². The van der Waals surface area contributed by atoms with E-state index in [0.29, 0.717) is 11.0 Å². The first-order valence-electron chi connectivity index (χ1n) is 6.86. The molecule has 114 valence electrons. The number of halogens is 2. The lowest BCUT2D eigenvalue weighted by molar-refractivity contribution is -0.151. The summed E-state index contributed by atoms with van der Waals surface area (Å²) in [4.78, 5) is 26.1. The Labute approximate surface area is 131 Å². The highest BCUT2D eigenvalue weighted by atomic mass is 79.9. The van der Waals surface area contributed by atoms with Crippen LogP contribution in [0.5, 0.6) is 0 Å². The van der Waals surface area contributed by atoms with Crippen molar-refractivity contribution < 1.29 is 14.0 Å². The molecule has 0 radical (unpaired) electrons. The number of benzene rings is 1. The quantitative estimate of drug-likeness (QED) is 0.904. The maximum atomic E-state index is 13.3. The molecule has 1 N–H and O–H groups in total. The predicted octanol–water partition coefficient (Wildman–Crippen LogP) is 2.46. The molecule has 0 bridgehead atoms. The highest BCUT2D eigenvalue weighted by Gasteiger charge is 2.40. The topological polar surface area (TPSA) is 49.4 Å². The van der Waals surface area contributed by atoms with Crippen molar-refractivity contribution in [1.29, 1.82) is 0 Å². The largest absolute Gasteiger partial charge is 0.343 e. The third kappa shape index (κ3) is 3.26. The third-order valence-electron chi connectivity index (χ3n) is 3.59. The maximum absolute atomic E-state index is 13.3. The van der Waals surface area contributed by atoms with Crippen LogP contribution in [0.4, 0.5) is 4.39 Å². The van der Waals surface area contributed by atoms with Crippen LogP contribution in [0, 0.1) is 11.7 Å². The standard InChI is InChI=1S/C15H18BrFN2O2/c1-8(2)13-14(20)18-9(3)15(21)19(13)7-10-4-5-12(17)11(16)6-10/h4-6,8-9,13H,7H2,1-3H3,(H,18,20). The van der Waals surface area contributed by atoms with Crippen LogP contribution in [0.2, 0.25) is 0 Å². The fourth-order valence-corrected chi connectivity index (χ4v) is 2.99. The number of carbonyl (C=O) groups is 2. The smallest absolute Gasteiger partial charge is 0.245 e. The summed E-state index contributed by atoms with van der Waals surface area (Å²) in [5, 5.41) is 2.70. The zero-order chi connectivity index (χ0) is 15.7. The average molecular weight is 357 g/mol. The molecule has 2 amide bonds. The van der Waals surface area contributed by atoms with Crippen molar-refractivity contribution in [1.82, 2.24) is 10.2 Å². The van der Waals surface area contributed by atoms with Gasteiger partial charge in [-0.15, -0.1) is 0 Å². The van der Waals surface area contributed by atoms with E-state index in [2.05, 4.69) is 21.2 Å². The highest BCUT2D eigenvalue weighted by molar-refractivity contribution is 9.10. The van der Waals surface area contributed by atoms with Gasteiger partial charge in [0.1, 0.15) is 17.9 Å². The number of carbonyl (C=O) groups excluding carboxylic acids is 2. The molecule has 1 aromatic rings. The Morgan fingerprint density at radius 3 is 2.62 bits per heavy atom. The van der Waals surface area contributed by atoms with Gasteiger partial charge in [0.15, 0.2) is 0 Å². The summed E-state index contributed by atoms with van der Waals surface area (Å²) in [7, 11) is 0. The lowest BCUT2D eigenvalue weighted by Gasteiger charge is -2.40. The number of rotatable bonds is 3. The van der Waals surface area contributed by atoms with E-state index in [1.165, 1.54) is 6.07 Å². The molecule has 1 aliphatic heterocycles. The van der Waals surface area contributed by atoms with Crippen molar-refractivity contribution in [3.8, 4) is 0 Å². The molecule has 4 nitrogen and oxygen atoms in total. The molecule has 2 atom stereocenters. The number of nitrogens with zero attached hydrogens (tertiary/aromatic N) is 1. The van der Waals surface area contributed by atoms with Crippen molar-refractivity contribution in [2.24, 2.45) is 5.92 Å². The predicted molar refractivity (Wildman–Crippen MR) is 80.9 cm³/mol. The Kier molecular flexibility index (Phi) is 4.66. The van der Waals surface area contributed by atoms with Gasteiger partial charge in [-0.05, 0) is 46.5 Å². The second-order valence-electron chi connectivity index (χ2n) is 5.63. The second-order valence-corrected chi connectivity index (χ2v) is 6.49. The summed E-state index contributed by atoms with van der Waals surface area (Å²) in [6.07, 6.45) is 0. The molecule has 1 fully saturated rings. The normalized spacial score (nSPS) is 22.7. The molecule has 0 aliphatic carbocycles. The van der Waals surface area contributed by atoms with E-state index in [1.54, 1.807) is 24.0 Å². The van der Waals surface area contributed by atoms with E-state index in [-0.39, 0.29) is 23.5 Å². The molecular weight excluding hydrogens is 339 g/mol. The number of amides is 2. The van der Waals surface area contributed by atoms with Crippen molar-refractivity contribution in [3.05, 3.63) is 34.1 Å². The lowest BCUT2D eigenvalue weighted by Crippen LogP contribution is -2.63. The zero-order valence-corrected chi connectivity index (χ0v) is 13.8. The van der Waals surface area contributed by atoms with Gasteiger partial charge >= 0.3 is 0 Å². The van der Waals surface area contributed by atoms with E-state index in [4.69, 9.17) is 0 Å². The molecule has 0 aromatic heterocycles. The minimum atomic E-state index is -0.531. The summed E-state index contributed by atoms with van der Waals surface area (Å²) >= 11 is 3.14. The summed E-state index contributed by atoms with van der Waals surface area (Å²) in [6, 6.07) is 3.58. The second kappa shape index (κ2) is 6.13. The minimum absolute atomic E-state index is 0.00494. The maximum Gasteiger partial charge on any atom is 0.245 e. The van der Waals surface area contributed by atoms with Gasteiger partial charge in [0.05, 0.1) is 4.47 Å². The monoisotopic (exact) mass is 356 g/mol. The average Bonchev–Trinajstić information content (AvgIpc) is 2.39. The summed E-state index contributed by atoms with van der Waals surface area (Å²) in [6.45, 7) is 5.77. The lowest BCUT2D eigenvalue weighted by atomic mass is 9.96. The first-order valence-corrected chi connectivity index (χ1v) is 7.65. The summed E-state index contributed by atoms with van der Waals surface area (Å²) in [5.74, 6) is -0.604. The Hall–Kier alpha value is -1.43. The molecule has 1 heterocycles. The third-order valence-corrected chi connectivity index (χ3v) is 4.19. The first-order chi connectivity index (χ1) is 9.81.